The molecule has 6 heteroatoms. The van der Waals surface area contributed by atoms with Crippen LogP contribution in [0.25, 0.3) is 0 Å². The predicted octanol–water partition coefficient (Wildman–Crippen LogP) is 2.07. The van der Waals surface area contributed by atoms with E-state index >= 15 is 0 Å². The molecule has 0 atom stereocenters. The van der Waals surface area contributed by atoms with Crippen molar-refractivity contribution < 1.29 is 19.1 Å². The summed E-state index contributed by atoms with van der Waals surface area (Å²) in [5.74, 6) is 0.191. The number of carbonyl (C=O) groups is 2. The quantitative estimate of drug-likeness (QED) is 0.786. The molecular weight excluding hydrogens is 320 g/mol. The minimum atomic E-state index is -0.412. The van der Waals surface area contributed by atoms with E-state index in [1.807, 2.05) is 24.1 Å². The molecule has 136 valence electrons. The van der Waals surface area contributed by atoms with Gasteiger partial charge in [-0.1, -0.05) is 24.3 Å². The first-order valence-electron chi connectivity index (χ1n) is 8.79. The van der Waals surface area contributed by atoms with Crippen LogP contribution in [0, 0.1) is 5.41 Å². The molecule has 2 aliphatic heterocycles. The van der Waals surface area contributed by atoms with Gasteiger partial charge in [0.15, 0.2) is 0 Å². The molecule has 2 amide bonds. The minimum absolute atomic E-state index is 0.191. The van der Waals surface area contributed by atoms with Crippen LogP contribution in [0.5, 0.6) is 0 Å². The highest BCUT2D eigenvalue weighted by Gasteiger charge is 2.45. The van der Waals surface area contributed by atoms with E-state index in [0.29, 0.717) is 39.1 Å². The summed E-state index contributed by atoms with van der Waals surface area (Å²) in [4.78, 5) is 28.7. The topological polar surface area (TPSA) is 59.1 Å². The molecule has 0 radical (unpaired) electrons. The summed E-state index contributed by atoms with van der Waals surface area (Å²) in [7, 11) is 3.45. The van der Waals surface area contributed by atoms with Gasteiger partial charge in [0.2, 0.25) is 5.91 Å². The summed E-state index contributed by atoms with van der Waals surface area (Å²) in [6.07, 6.45) is 1.77. The van der Waals surface area contributed by atoms with Gasteiger partial charge in [-0.05, 0) is 30.4 Å². The molecule has 3 rings (SSSR count). The number of nitrogens with zero attached hydrogens (tertiary/aromatic N) is 2. The summed E-state index contributed by atoms with van der Waals surface area (Å²) < 4.78 is 10.1. The number of rotatable bonds is 3. The van der Waals surface area contributed by atoms with E-state index in [0.717, 1.165) is 6.42 Å². The molecule has 6 nitrogen and oxygen atoms in total. The molecule has 1 fully saturated rings. The van der Waals surface area contributed by atoms with Gasteiger partial charge in [-0.2, -0.15) is 0 Å². The molecule has 0 unspecified atom stereocenters. The lowest BCUT2D eigenvalue weighted by molar-refractivity contribution is -0.143. The third kappa shape index (κ3) is 3.63. The van der Waals surface area contributed by atoms with Gasteiger partial charge in [0.1, 0.15) is 6.61 Å². The molecular formula is C19H26N2O4. The van der Waals surface area contributed by atoms with Crippen LogP contribution in [-0.2, 0) is 27.2 Å². The van der Waals surface area contributed by atoms with E-state index in [1.54, 1.807) is 12.0 Å². The average molecular weight is 346 g/mol. The number of amides is 2. The Morgan fingerprint density at radius 1 is 1.16 bits per heavy atom. The van der Waals surface area contributed by atoms with E-state index in [1.165, 1.54) is 11.1 Å². The van der Waals surface area contributed by atoms with Gasteiger partial charge in [-0.15, -0.1) is 0 Å². The molecule has 0 bridgehead atoms. The Bertz CT molecular complexity index is 638. The number of hydrogen-bond acceptors (Lipinski definition) is 4. The molecule has 2 heterocycles. The lowest BCUT2D eigenvalue weighted by atomic mass is 9.73. The van der Waals surface area contributed by atoms with E-state index in [-0.39, 0.29) is 18.6 Å². The van der Waals surface area contributed by atoms with Crippen LogP contribution in [0.15, 0.2) is 24.3 Å². The molecule has 1 aromatic carbocycles. The van der Waals surface area contributed by atoms with Crippen LogP contribution < -0.4 is 0 Å². The second-order valence-electron chi connectivity index (χ2n) is 6.98. The van der Waals surface area contributed by atoms with Crippen molar-refractivity contribution in [2.45, 2.75) is 25.8 Å². The van der Waals surface area contributed by atoms with Crippen molar-refractivity contribution >= 4 is 12.0 Å². The van der Waals surface area contributed by atoms with E-state index < -0.39 is 5.41 Å². The van der Waals surface area contributed by atoms with Gasteiger partial charge in [-0.25, -0.2) is 4.79 Å². The molecule has 0 aliphatic carbocycles. The summed E-state index contributed by atoms with van der Waals surface area (Å²) in [5.41, 5.74) is 2.05. The fourth-order valence-electron chi connectivity index (χ4n) is 3.87. The summed E-state index contributed by atoms with van der Waals surface area (Å²) in [6, 6.07) is 8.27. The van der Waals surface area contributed by atoms with Crippen molar-refractivity contribution in [2.24, 2.45) is 5.41 Å². The van der Waals surface area contributed by atoms with Crippen LogP contribution in [-0.4, -0.2) is 62.3 Å². The molecule has 2 aliphatic rings. The maximum absolute atomic E-state index is 13.1. The zero-order valence-corrected chi connectivity index (χ0v) is 15.0. The lowest BCUT2D eigenvalue weighted by Crippen LogP contribution is -2.50. The largest absolute Gasteiger partial charge is 0.447 e. The molecule has 0 N–H and O–H groups in total. The number of carbonyl (C=O) groups excluding carboxylic acids is 2. The number of benzene rings is 1. The number of methoxy groups -OCH3 is 1. The number of piperidine rings is 1. The minimum Gasteiger partial charge on any atom is -0.447 e. The van der Waals surface area contributed by atoms with Gasteiger partial charge < -0.3 is 19.3 Å². The normalized spacial score (nSPS) is 19.5. The third-order valence-electron chi connectivity index (χ3n) is 5.35. The Morgan fingerprint density at radius 3 is 2.52 bits per heavy atom. The van der Waals surface area contributed by atoms with Crippen molar-refractivity contribution in [3.63, 3.8) is 0 Å². The fourth-order valence-corrected chi connectivity index (χ4v) is 3.87. The SMILES string of the molecule is COCCOC(=O)N1CCC2(CC1)Cc1ccccc1CN(C)C2=O. The highest BCUT2D eigenvalue weighted by atomic mass is 16.6. The number of fused-ring (bicyclic) bond motifs is 1. The first-order valence-corrected chi connectivity index (χ1v) is 8.79. The van der Waals surface area contributed by atoms with Crippen LogP contribution in [0.3, 0.4) is 0 Å². The van der Waals surface area contributed by atoms with Crippen LogP contribution in [0.4, 0.5) is 4.79 Å². The Labute approximate surface area is 148 Å². The summed E-state index contributed by atoms with van der Waals surface area (Å²) in [5, 5.41) is 0. The van der Waals surface area contributed by atoms with Gasteiger partial charge in [0.25, 0.3) is 0 Å². The maximum Gasteiger partial charge on any atom is 0.409 e. The van der Waals surface area contributed by atoms with E-state index in [9.17, 15) is 9.59 Å². The first kappa shape index (κ1) is 17.7. The lowest BCUT2D eigenvalue weighted by Gasteiger charge is -2.41. The third-order valence-corrected chi connectivity index (χ3v) is 5.35. The molecule has 0 aromatic heterocycles. The van der Waals surface area contributed by atoms with Crippen molar-refractivity contribution in [2.75, 3.05) is 40.5 Å². The first-order chi connectivity index (χ1) is 12.1. The second kappa shape index (κ2) is 7.44. The standard InChI is InChI=1S/C19H26N2O4/c1-20-14-16-6-4-3-5-15(16)13-19(17(20)22)7-9-21(10-8-19)18(23)25-12-11-24-2/h3-6H,7-14H2,1-2H3. The Balaban J connectivity index is 1.70. The van der Waals surface area contributed by atoms with Crippen molar-refractivity contribution in [3.8, 4) is 0 Å². The molecule has 1 aromatic rings. The van der Waals surface area contributed by atoms with Gasteiger partial charge in [-0.3, -0.25) is 4.79 Å². The zero-order chi connectivity index (χ0) is 17.9. The van der Waals surface area contributed by atoms with Crippen LogP contribution >= 0.6 is 0 Å². The van der Waals surface area contributed by atoms with Crippen molar-refractivity contribution in [1.29, 1.82) is 0 Å². The Kier molecular flexibility index (Phi) is 5.27. The van der Waals surface area contributed by atoms with Crippen molar-refractivity contribution in [1.82, 2.24) is 9.80 Å². The summed E-state index contributed by atoms with van der Waals surface area (Å²) >= 11 is 0. The highest BCUT2D eigenvalue weighted by molar-refractivity contribution is 5.84. The van der Waals surface area contributed by atoms with Crippen LogP contribution in [0.2, 0.25) is 0 Å². The molecule has 0 saturated carbocycles. The van der Waals surface area contributed by atoms with E-state index in [2.05, 4.69) is 12.1 Å². The van der Waals surface area contributed by atoms with Gasteiger partial charge in [0, 0.05) is 33.8 Å². The van der Waals surface area contributed by atoms with Gasteiger partial charge >= 0.3 is 6.09 Å². The molecule has 1 spiro atoms. The fraction of sp³-hybridized carbons (Fsp3) is 0.579. The zero-order valence-electron chi connectivity index (χ0n) is 15.0. The number of likely N-dealkylation sites (tertiary alicyclic amines) is 1. The smallest absolute Gasteiger partial charge is 0.409 e. The predicted molar refractivity (Wildman–Crippen MR) is 93.1 cm³/mol. The van der Waals surface area contributed by atoms with E-state index in [4.69, 9.17) is 9.47 Å². The second-order valence-corrected chi connectivity index (χ2v) is 6.98. The maximum atomic E-state index is 13.1. The van der Waals surface area contributed by atoms with Crippen molar-refractivity contribution in [3.05, 3.63) is 35.4 Å². The van der Waals surface area contributed by atoms with Crippen LogP contribution in [0.1, 0.15) is 24.0 Å². The molecule has 25 heavy (non-hydrogen) atoms. The average Bonchev–Trinajstić information content (AvgIpc) is 2.72. The number of ether oxygens (including phenoxy) is 2. The van der Waals surface area contributed by atoms with Gasteiger partial charge in [0.05, 0.1) is 12.0 Å². The Hall–Kier alpha value is -2.08. The number of hydrogen-bond donors (Lipinski definition) is 0. The molecule has 1 saturated heterocycles. The highest BCUT2D eigenvalue weighted by Crippen LogP contribution is 2.40. The summed E-state index contributed by atoms with van der Waals surface area (Å²) in [6.45, 7) is 2.40. The monoisotopic (exact) mass is 346 g/mol. The Morgan fingerprint density at radius 2 is 1.84 bits per heavy atom.